The van der Waals surface area contributed by atoms with E-state index in [1.807, 2.05) is 24.5 Å². The van der Waals surface area contributed by atoms with Crippen molar-refractivity contribution in [3.05, 3.63) is 52.3 Å². The Morgan fingerprint density at radius 1 is 1.26 bits per heavy atom. The average molecular weight is 313 g/mol. The third kappa shape index (κ3) is 3.62. The fraction of sp³-hybridized carbons (Fsp3) is 0.0769. The maximum Gasteiger partial charge on any atom is 0.275 e. The van der Waals surface area contributed by atoms with Crippen molar-refractivity contribution in [2.45, 2.75) is 4.90 Å². The lowest BCUT2D eigenvalue weighted by molar-refractivity contribution is 0.102. The Kier molecular flexibility index (Phi) is 4.69. The summed E-state index contributed by atoms with van der Waals surface area (Å²) in [4.78, 5) is 17.0. The van der Waals surface area contributed by atoms with E-state index in [0.717, 1.165) is 4.90 Å². The summed E-state index contributed by atoms with van der Waals surface area (Å²) >= 11 is 13.3. The zero-order valence-electron chi connectivity index (χ0n) is 9.98. The summed E-state index contributed by atoms with van der Waals surface area (Å²) in [7, 11) is 0. The topological polar surface area (TPSA) is 42.0 Å². The van der Waals surface area contributed by atoms with Gasteiger partial charge in [0, 0.05) is 10.6 Å². The molecule has 0 aliphatic heterocycles. The summed E-state index contributed by atoms with van der Waals surface area (Å²) in [6.45, 7) is 0. The maximum atomic E-state index is 12.1. The van der Waals surface area contributed by atoms with Crippen molar-refractivity contribution in [3.8, 4) is 0 Å². The van der Waals surface area contributed by atoms with Crippen LogP contribution >= 0.6 is 35.0 Å². The number of benzene rings is 1. The predicted octanol–water partition coefficient (Wildman–Crippen LogP) is 4.36. The number of nitrogens with zero attached hydrogens (tertiary/aromatic N) is 1. The molecule has 1 N–H and O–H groups in total. The summed E-state index contributed by atoms with van der Waals surface area (Å²) in [6.07, 6.45) is 1.97. The van der Waals surface area contributed by atoms with Crippen LogP contribution in [0.25, 0.3) is 0 Å². The smallest absolute Gasteiger partial charge is 0.275 e. The second-order valence-electron chi connectivity index (χ2n) is 3.65. The van der Waals surface area contributed by atoms with Gasteiger partial charge in [-0.2, -0.15) is 0 Å². The molecule has 0 unspecified atom stereocenters. The summed E-state index contributed by atoms with van der Waals surface area (Å²) < 4.78 is 0. The van der Waals surface area contributed by atoms with Gasteiger partial charge < -0.3 is 5.32 Å². The molecule has 6 heteroatoms. The first-order valence-electron chi connectivity index (χ1n) is 5.37. The molecule has 0 fully saturated rings. The van der Waals surface area contributed by atoms with Gasteiger partial charge in [0.05, 0.1) is 5.02 Å². The number of amides is 1. The van der Waals surface area contributed by atoms with E-state index in [4.69, 9.17) is 23.2 Å². The zero-order chi connectivity index (χ0) is 13.8. The first kappa shape index (κ1) is 14.2. The van der Waals surface area contributed by atoms with Crippen LogP contribution in [0.15, 0.2) is 41.3 Å². The van der Waals surface area contributed by atoms with Crippen LogP contribution in [-0.4, -0.2) is 17.1 Å². The van der Waals surface area contributed by atoms with E-state index >= 15 is 0 Å². The predicted molar refractivity (Wildman–Crippen MR) is 80.4 cm³/mol. The fourth-order valence-corrected chi connectivity index (χ4v) is 2.27. The number of carbonyl (C=O) groups excluding carboxylic acids is 1. The number of nitrogens with one attached hydrogen (secondary N) is 1. The van der Waals surface area contributed by atoms with Gasteiger partial charge in [0.2, 0.25) is 0 Å². The molecule has 98 valence electrons. The van der Waals surface area contributed by atoms with E-state index in [0.29, 0.717) is 5.69 Å². The molecule has 2 rings (SSSR count). The molecular formula is C13H10Cl2N2OS. The second kappa shape index (κ2) is 6.28. The lowest BCUT2D eigenvalue weighted by Crippen LogP contribution is -2.14. The van der Waals surface area contributed by atoms with Crippen LogP contribution < -0.4 is 5.32 Å². The number of aromatic nitrogens is 1. The Hall–Kier alpha value is -1.23. The molecule has 2 aromatic rings. The van der Waals surface area contributed by atoms with E-state index in [-0.39, 0.29) is 21.8 Å². The Labute approximate surface area is 125 Å². The molecule has 1 aromatic carbocycles. The number of anilines is 1. The minimum absolute atomic E-state index is 0.115. The minimum Gasteiger partial charge on any atom is -0.321 e. The lowest BCUT2D eigenvalue weighted by atomic mass is 10.3. The number of rotatable bonds is 3. The van der Waals surface area contributed by atoms with Gasteiger partial charge in [-0.1, -0.05) is 29.3 Å². The molecule has 0 spiro atoms. The molecule has 0 bridgehead atoms. The van der Waals surface area contributed by atoms with Gasteiger partial charge in [0.15, 0.2) is 0 Å². The van der Waals surface area contributed by atoms with E-state index < -0.39 is 0 Å². The molecule has 3 nitrogen and oxygen atoms in total. The van der Waals surface area contributed by atoms with Crippen molar-refractivity contribution >= 4 is 46.6 Å². The summed E-state index contributed by atoms with van der Waals surface area (Å²) in [5.41, 5.74) is 0.804. The highest BCUT2D eigenvalue weighted by Crippen LogP contribution is 2.21. The lowest BCUT2D eigenvalue weighted by Gasteiger charge is -2.07. The number of carbonyl (C=O) groups is 1. The van der Waals surface area contributed by atoms with Crippen molar-refractivity contribution < 1.29 is 4.79 Å². The number of pyridine rings is 1. The van der Waals surface area contributed by atoms with Gasteiger partial charge in [-0.15, -0.1) is 11.8 Å². The molecule has 1 aromatic heterocycles. The monoisotopic (exact) mass is 312 g/mol. The van der Waals surface area contributed by atoms with E-state index in [1.54, 1.807) is 23.9 Å². The SMILES string of the molecule is CSc1cccc(NC(=O)c2nc(Cl)ccc2Cl)c1. The normalized spacial score (nSPS) is 10.3. The Morgan fingerprint density at radius 3 is 2.79 bits per heavy atom. The molecule has 0 radical (unpaired) electrons. The molecule has 0 atom stereocenters. The van der Waals surface area contributed by atoms with Crippen molar-refractivity contribution in [2.24, 2.45) is 0 Å². The highest BCUT2D eigenvalue weighted by Gasteiger charge is 2.13. The van der Waals surface area contributed by atoms with Crippen LogP contribution in [0.1, 0.15) is 10.5 Å². The Balaban J connectivity index is 2.23. The zero-order valence-corrected chi connectivity index (χ0v) is 12.3. The van der Waals surface area contributed by atoms with E-state index in [2.05, 4.69) is 10.3 Å². The van der Waals surface area contributed by atoms with Crippen LogP contribution in [0.2, 0.25) is 10.2 Å². The van der Waals surface area contributed by atoms with E-state index in [9.17, 15) is 4.79 Å². The van der Waals surface area contributed by atoms with Gasteiger partial charge in [0.1, 0.15) is 10.8 Å². The number of hydrogen-bond donors (Lipinski definition) is 1. The molecule has 0 aliphatic rings. The van der Waals surface area contributed by atoms with Gasteiger partial charge in [-0.25, -0.2) is 4.98 Å². The second-order valence-corrected chi connectivity index (χ2v) is 5.32. The first-order chi connectivity index (χ1) is 9.10. The highest BCUT2D eigenvalue weighted by molar-refractivity contribution is 7.98. The third-order valence-corrected chi connectivity index (χ3v) is 3.60. The molecular weight excluding hydrogens is 303 g/mol. The Morgan fingerprint density at radius 2 is 2.05 bits per heavy atom. The molecule has 0 saturated carbocycles. The summed E-state index contributed by atoms with van der Waals surface area (Å²) in [5, 5.41) is 3.24. The highest BCUT2D eigenvalue weighted by atomic mass is 35.5. The van der Waals surface area contributed by atoms with Crippen LogP contribution in [0.5, 0.6) is 0 Å². The molecule has 0 saturated heterocycles. The largest absolute Gasteiger partial charge is 0.321 e. The number of thioether (sulfide) groups is 1. The summed E-state index contributed by atoms with van der Waals surface area (Å²) in [5.74, 6) is -0.384. The molecule has 1 amide bonds. The van der Waals surface area contributed by atoms with Crippen LogP contribution in [0.4, 0.5) is 5.69 Å². The van der Waals surface area contributed by atoms with Crippen molar-refractivity contribution in [3.63, 3.8) is 0 Å². The number of halogens is 2. The first-order valence-corrected chi connectivity index (χ1v) is 7.35. The van der Waals surface area contributed by atoms with E-state index in [1.165, 1.54) is 6.07 Å². The quantitative estimate of drug-likeness (QED) is 0.676. The molecule has 19 heavy (non-hydrogen) atoms. The van der Waals surface area contributed by atoms with Crippen LogP contribution in [-0.2, 0) is 0 Å². The van der Waals surface area contributed by atoms with Gasteiger partial charge >= 0.3 is 0 Å². The standard InChI is InChI=1S/C13H10Cl2N2OS/c1-19-9-4-2-3-8(7-9)16-13(18)12-10(14)5-6-11(15)17-12/h2-7H,1H3,(H,16,18). The van der Waals surface area contributed by atoms with Gasteiger partial charge in [0.25, 0.3) is 5.91 Å². The molecule has 0 aliphatic carbocycles. The van der Waals surface area contributed by atoms with Crippen molar-refractivity contribution in [2.75, 3.05) is 11.6 Å². The maximum absolute atomic E-state index is 12.1. The average Bonchev–Trinajstić information content (AvgIpc) is 2.41. The Bertz CT molecular complexity index is 619. The van der Waals surface area contributed by atoms with Crippen molar-refractivity contribution in [1.82, 2.24) is 4.98 Å². The van der Waals surface area contributed by atoms with Gasteiger partial charge in [-0.3, -0.25) is 4.79 Å². The van der Waals surface area contributed by atoms with Crippen LogP contribution in [0.3, 0.4) is 0 Å². The fourth-order valence-electron chi connectivity index (χ4n) is 1.47. The minimum atomic E-state index is -0.384. The third-order valence-electron chi connectivity index (χ3n) is 2.35. The number of hydrogen-bond acceptors (Lipinski definition) is 3. The van der Waals surface area contributed by atoms with Crippen molar-refractivity contribution in [1.29, 1.82) is 0 Å². The van der Waals surface area contributed by atoms with Gasteiger partial charge in [-0.05, 0) is 36.6 Å². The summed E-state index contributed by atoms with van der Waals surface area (Å²) in [6, 6.07) is 10.6. The molecule has 1 heterocycles. The van der Waals surface area contributed by atoms with Crippen LogP contribution in [0, 0.1) is 0 Å².